The van der Waals surface area contributed by atoms with E-state index < -0.39 is 76.5 Å². The summed E-state index contributed by atoms with van der Waals surface area (Å²) >= 11 is 7.76. The number of imidazole rings is 2. The predicted molar refractivity (Wildman–Crippen MR) is 181 cm³/mol. The number of nitrogens with one attached hydrogen (secondary N) is 4. The topological polar surface area (TPSA) is 269 Å². The van der Waals surface area contributed by atoms with E-state index in [1.807, 2.05) is 12.2 Å². The molecule has 0 aromatic carbocycles. The van der Waals surface area contributed by atoms with E-state index in [1.165, 1.54) is 34.4 Å². The number of anilines is 2. The highest BCUT2D eigenvalue weighted by Gasteiger charge is 2.46. The maximum absolute atomic E-state index is 11.6. The number of hydrogen-bond donors (Lipinski definition) is 10. The predicted octanol–water partition coefficient (Wildman–Crippen LogP) is -0.897. The van der Waals surface area contributed by atoms with Crippen molar-refractivity contribution in [3.63, 3.8) is 0 Å². The zero-order chi connectivity index (χ0) is 33.9. The third-order valence-electron chi connectivity index (χ3n) is 7.90. The van der Waals surface area contributed by atoms with Gasteiger partial charge in [0.1, 0.15) is 37.1 Å². The van der Waals surface area contributed by atoms with Crippen LogP contribution in [0, 0.1) is 0 Å². The van der Waals surface area contributed by atoms with Crippen LogP contribution < -0.4 is 20.8 Å². The molecule has 0 radical (unpaired) electrons. The van der Waals surface area contributed by atoms with Gasteiger partial charge in [-0.2, -0.15) is 0 Å². The lowest BCUT2D eigenvalue weighted by Gasteiger charge is -2.19. The minimum absolute atomic E-state index is 0.378. The Morgan fingerprint density at radius 2 is 1.15 bits per heavy atom. The van der Waals surface area contributed by atoms with Crippen molar-refractivity contribution >= 4 is 72.8 Å². The van der Waals surface area contributed by atoms with Gasteiger partial charge in [0.25, 0.3) is 0 Å². The van der Waals surface area contributed by atoms with Crippen molar-refractivity contribution in [1.29, 1.82) is 0 Å². The van der Waals surface area contributed by atoms with Crippen molar-refractivity contribution in [2.75, 3.05) is 36.9 Å². The molecule has 4 aromatic rings. The van der Waals surface area contributed by atoms with Gasteiger partial charge in [-0.3, -0.25) is 28.4 Å². The van der Waals surface area contributed by atoms with Crippen LogP contribution in [0.5, 0.6) is 0 Å². The molecule has 48 heavy (non-hydrogen) atoms. The monoisotopic (exact) mass is 744 g/mol. The van der Waals surface area contributed by atoms with Crippen LogP contribution in [0.1, 0.15) is 12.5 Å². The standard InChI is InChI=1S/C24H34N12O8P2S2/c37-5-11-13(33-45(41)47)17(39)23(43-11)35-9-31-15-19(27-7-29-21(15)35)25-3-1-2-4-26-20-16-22(30-8-28-20)36(10-32-16)24-18(40)14(34-46(42)48)12(6-38)44-24/h1-2,7-14,17-18,23-24,37-40,45-46H,3-6H2,(H,25,27,29)(H,26,28,30)(H2,33,41,47)(H2,34,42,48)/b2-1+/t11-,12-,13?,14?,17-,18-,23-,24?/m1/s1. The molecule has 2 fully saturated rings. The van der Waals surface area contributed by atoms with Crippen LogP contribution in [0.3, 0.4) is 0 Å². The molecule has 24 heteroatoms. The molecule has 2 saturated heterocycles. The van der Waals surface area contributed by atoms with Crippen molar-refractivity contribution in [3.8, 4) is 0 Å². The molecule has 2 aliphatic rings. The number of rotatable bonds is 14. The van der Waals surface area contributed by atoms with Crippen LogP contribution in [0.15, 0.2) is 37.5 Å². The summed E-state index contributed by atoms with van der Waals surface area (Å²) < 4.78 is 38.0. The largest absolute Gasteiger partial charge is 0.394 e. The van der Waals surface area contributed by atoms with Crippen LogP contribution in [0.25, 0.3) is 22.3 Å². The zero-order valence-corrected chi connectivity index (χ0v) is 28.6. The third kappa shape index (κ3) is 7.11. The first kappa shape index (κ1) is 35.1. The molecule has 0 bridgehead atoms. The molecule has 0 amide bonds. The Bertz CT molecular complexity index is 1690. The second kappa shape index (κ2) is 15.4. The number of aliphatic hydroxyl groups excluding tert-OH is 4. The summed E-state index contributed by atoms with van der Waals surface area (Å²) in [6, 6.07) is -1.60. The van der Waals surface area contributed by atoms with Crippen LogP contribution in [0.2, 0.25) is 0 Å². The Morgan fingerprint density at radius 1 is 0.729 bits per heavy atom. The summed E-state index contributed by atoms with van der Waals surface area (Å²) in [7, 11) is -4.91. The Kier molecular flexibility index (Phi) is 11.3. The smallest absolute Gasteiger partial charge is 0.186 e. The molecule has 2 aliphatic heterocycles. The number of aromatic nitrogens is 8. The molecule has 0 spiro atoms. The highest BCUT2D eigenvalue weighted by Crippen LogP contribution is 2.37. The molecule has 0 aliphatic carbocycles. The summed E-state index contributed by atoms with van der Waals surface area (Å²) in [5, 5.41) is 52.8. The molecule has 6 heterocycles. The first-order valence-corrected chi connectivity index (χ1v) is 20.0. The number of hydrogen-bond acceptors (Lipinski definition) is 16. The van der Waals surface area contributed by atoms with Gasteiger partial charge in [-0.15, -0.1) is 24.5 Å². The Labute approximate surface area is 283 Å². The second-order valence-electron chi connectivity index (χ2n) is 10.8. The van der Waals surface area contributed by atoms with E-state index in [0.717, 1.165) is 0 Å². The van der Waals surface area contributed by atoms with Crippen LogP contribution in [-0.4, -0.2) is 122 Å². The second-order valence-corrected chi connectivity index (χ2v) is 15.0. The normalized spacial score (nSPS) is 28.9. The molecule has 10 atom stereocenters. The van der Waals surface area contributed by atoms with Crippen molar-refractivity contribution < 1.29 is 39.0 Å². The van der Waals surface area contributed by atoms with E-state index in [9.17, 15) is 29.6 Å². The first-order chi connectivity index (χ1) is 23.2. The molecular weight excluding hydrogens is 710 g/mol. The van der Waals surface area contributed by atoms with E-state index in [0.29, 0.717) is 47.1 Å². The van der Waals surface area contributed by atoms with Gasteiger partial charge in [-0.1, -0.05) is 12.2 Å². The van der Waals surface area contributed by atoms with Gasteiger partial charge in [0, 0.05) is 13.1 Å². The summed E-state index contributed by atoms with van der Waals surface area (Å²) in [4.78, 5) is 25.9. The zero-order valence-electron chi connectivity index (χ0n) is 24.8. The lowest BCUT2D eigenvalue weighted by Crippen LogP contribution is -2.42. The van der Waals surface area contributed by atoms with Crippen LogP contribution in [-0.2, 0) is 18.6 Å². The highest BCUT2D eigenvalue weighted by atomic mass is 32.7. The average Bonchev–Trinajstić information content (AvgIpc) is 3.83. The molecular formula is C24H34N12O8P2S2. The van der Waals surface area contributed by atoms with E-state index in [-0.39, 0.29) is 0 Å². The van der Waals surface area contributed by atoms with Gasteiger partial charge in [-0.05, 0) is 0 Å². The van der Waals surface area contributed by atoms with Gasteiger partial charge in [-0.25, -0.2) is 29.9 Å². The van der Waals surface area contributed by atoms with E-state index >= 15 is 0 Å². The SMILES string of the molecule is O=[PH](S)NC1[C@@H](O)C(n2cnc3c(NC/C=C/CNc4ncnc5c4ncn5[C@@H]4O[C@H](CO)C(N[PH](=O)S)[C@H]4O)ncnc32)O[C@@H]1CO. The van der Waals surface area contributed by atoms with Gasteiger partial charge >= 0.3 is 0 Å². The number of thiol groups is 2. The van der Waals surface area contributed by atoms with Crippen LogP contribution >= 0.6 is 38.8 Å². The number of fused-ring (bicyclic) bond motifs is 2. The van der Waals surface area contributed by atoms with Gasteiger partial charge in [0.05, 0.1) is 38.0 Å². The number of ether oxygens (including phenoxy) is 2. The molecule has 4 aromatic heterocycles. The quantitative estimate of drug-likeness (QED) is 0.0426. The molecule has 20 nitrogen and oxygen atoms in total. The molecule has 0 saturated carbocycles. The number of nitrogens with zero attached hydrogens (tertiary/aromatic N) is 8. The number of aliphatic hydroxyl groups is 4. The minimum atomic E-state index is -2.46. The summed E-state index contributed by atoms with van der Waals surface area (Å²) in [6.07, 6.45) is 3.49. The maximum atomic E-state index is 11.6. The fourth-order valence-corrected chi connectivity index (χ4v) is 7.89. The lowest BCUT2D eigenvalue weighted by molar-refractivity contribution is -0.0489. The highest BCUT2D eigenvalue weighted by molar-refractivity contribution is 8.40. The fraction of sp³-hybridized carbons (Fsp3) is 0.500. The van der Waals surface area contributed by atoms with E-state index in [2.05, 4.69) is 75.2 Å². The Hall–Kier alpha value is -2.72. The summed E-state index contributed by atoms with van der Waals surface area (Å²) in [5.74, 6) is 0.888. The van der Waals surface area contributed by atoms with E-state index in [1.54, 1.807) is 0 Å². The molecule has 5 unspecified atom stereocenters. The minimum Gasteiger partial charge on any atom is -0.394 e. The van der Waals surface area contributed by atoms with Crippen molar-refractivity contribution in [3.05, 3.63) is 37.5 Å². The maximum Gasteiger partial charge on any atom is 0.186 e. The molecule has 6 rings (SSSR count). The van der Waals surface area contributed by atoms with Gasteiger partial charge in [0.15, 0.2) is 60.7 Å². The lowest BCUT2D eigenvalue weighted by atomic mass is 10.1. The summed E-state index contributed by atoms with van der Waals surface area (Å²) in [6.45, 7) is -0.0480. The van der Waals surface area contributed by atoms with Crippen molar-refractivity contribution in [2.24, 2.45) is 0 Å². The van der Waals surface area contributed by atoms with Crippen LogP contribution in [0.4, 0.5) is 11.6 Å². The average molecular weight is 745 g/mol. The molecule has 260 valence electrons. The third-order valence-corrected chi connectivity index (χ3v) is 9.83. The Balaban J connectivity index is 1.07. The van der Waals surface area contributed by atoms with Crippen molar-refractivity contribution in [2.45, 2.75) is 49.0 Å². The van der Waals surface area contributed by atoms with Crippen molar-refractivity contribution in [1.82, 2.24) is 49.2 Å². The fourth-order valence-electron chi connectivity index (χ4n) is 5.71. The Morgan fingerprint density at radius 3 is 1.52 bits per heavy atom. The first-order valence-electron chi connectivity index (χ1n) is 14.6. The molecule has 8 N–H and O–H groups in total. The van der Waals surface area contributed by atoms with Gasteiger partial charge < -0.3 is 40.5 Å². The summed E-state index contributed by atoms with van der Waals surface area (Å²) in [5.41, 5.74) is 1.64. The van der Waals surface area contributed by atoms with Gasteiger partial charge in [0.2, 0.25) is 0 Å². The van der Waals surface area contributed by atoms with E-state index in [4.69, 9.17) is 9.47 Å².